The Kier molecular flexibility index (Phi) is 6.45. The Bertz CT molecular complexity index is 464. The van der Waals surface area contributed by atoms with E-state index < -0.39 is 0 Å². The van der Waals surface area contributed by atoms with E-state index in [1.54, 1.807) is 4.90 Å². The van der Waals surface area contributed by atoms with E-state index in [1.807, 2.05) is 14.0 Å². The third-order valence-electron chi connectivity index (χ3n) is 4.84. The molecule has 1 heterocycles. The third-order valence-corrected chi connectivity index (χ3v) is 4.84. The lowest BCUT2D eigenvalue weighted by molar-refractivity contribution is -0.132. The number of piperidine rings is 1. The van der Waals surface area contributed by atoms with Gasteiger partial charge in [-0.1, -0.05) is 6.08 Å². The van der Waals surface area contributed by atoms with E-state index in [-0.39, 0.29) is 17.4 Å². The Morgan fingerprint density at radius 1 is 1.39 bits per heavy atom. The highest BCUT2D eigenvalue weighted by Crippen LogP contribution is 2.45. The summed E-state index contributed by atoms with van der Waals surface area (Å²) in [6.07, 6.45) is 7.53. The molecule has 3 amide bonds. The molecule has 1 unspecified atom stereocenters. The average molecular weight is 323 g/mol. The van der Waals surface area contributed by atoms with Crippen LogP contribution in [0, 0.1) is 5.41 Å². The summed E-state index contributed by atoms with van der Waals surface area (Å²) in [4.78, 5) is 25.7. The predicted molar refractivity (Wildman–Crippen MR) is 88.9 cm³/mol. The van der Waals surface area contributed by atoms with Crippen LogP contribution in [0.2, 0.25) is 0 Å². The second-order valence-electron chi connectivity index (χ2n) is 6.37. The number of fused-ring (bicyclic) bond motifs is 1. The first-order chi connectivity index (χ1) is 11.1. The normalized spacial score (nSPS) is 24.0. The van der Waals surface area contributed by atoms with Gasteiger partial charge in [-0.15, -0.1) is 0 Å². The van der Waals surface area contributed by atoms with Crippen molar-refractivity contribution in [3.63, 3.8) is 0 Å². The number of urea groups is 1. The Balaban J connectivity index is 1.83. The number of rotatable bonds is 7. The highest BCUT2D eigenvalue weighted by Gasteiger charge is 2.43. The molecule has 6 heteroatoms. The summed E-state index contributed by atoms with van der Waals surface area (Å²) in [5.41, 5.74) is 1.01. The van der Waals surface area contributed by atoms with Crippen molar-refractivity contribution in [1.82, 2.24) is 15.5 Å². The molecule has 2 aliphatic rings. The van der Waals surface area contributed by atoms with Gasteiger partial charge in [-0.3, -0.25) is 4.79 Å². The van der Waals surface area contributed by atoms with E-state index in [4.69, 9.17) is 4.74 Å². The monoisotopic (exact) mass is 323 g/mol. The molecule has 1 aliphatic carbocycles. The van der Waals surface area contributed by atoms with Gasteiger partial charge in [-0.2, -0.15) is 0 Å². The second-order valence-corrected chi connectivity index (χ2v) is 6.37. The largest absolute Gasteiger partial charge is 0.382 e. The lowest BCUT2D eigenvalue weighted by Gasteiger charge is -2.46. The number of carbonyl (C=O) groups is 2. The van der Waals surface area contributed by atoms with E-state index in [2.05, 4.69) is 16.7 Å². The van der Waals surface area contributed by atoms with Gasteiger partial charge in [-0.05, 0) is 39.0 Å². The molecule has 0 aromatic carbocycles. The summed E-state index contributed by atoms with van der Waals surface area (Å²) in [6, 6.07) is -0.139. The zero-order chi connectivity index (χ0) is 16.7. The van der Waals surface area contributed by atoms with Crippen molar-refractivity contribution < 1.29 is 14.3 Å². The van der Waals surface area contributed by atoms with Crippen molar-refractivity contribution in [3.8, 4) is 0 Å². The number of nitrogens with one attached hydrogen (secondary N) is 2. The number of amides is 3. The zero-order valence-corrected chi connectivity index (χ0v) is 14.3. The fraction of sp³-hybridized carbons (Fsp3) is 0.765. The molecule has 1 fully saturated rings. The van der Waals surface area contributed by atoms with Crippen molar-refractivity contribution in [1.29, 1.82) is 0 Å². The van der Waals surface area contributed by atoms with E-state index >= 15 is 0 Å². The SMILES string of the molecule is CCOCCCNC(=O)NCC12CCCC=C1N(C)C(=O)CC2. The molecule has 1 saturated heterocycles. The maximum atomic E-state index is 12.0. The molecule has 23 heavy (non-hydrogen) atoms. The minimum absolute atomic E-state index is 0.0798. The number of ether oxygens (including phenoxy) is 1. The molecule has 0 saturated carbocycles. The number of nitrogens with zero attached hydrogens (tertiary/aromatic N) is 1. The van der Waals surface area contributed by atoms with Crippen LogP contribution in [-0.4, -0.2) is 50.2 Å². The lowest BCUT2D eigenvalue weighted by Crippen LogP contribution is -2.50. The summed E-state index contributed by atoms with van der Waals surface area (Å²) < 4.78 is 5.25. The van der Waals surface area contributed by atoms with Gasteiger partial charge in [0.1, 0.15) is 0 Å². The van der Waals surface area contributed by atoms with Crippen LogP contribution in [0.5, 0.6) is 0 Å². The summed E-state index contributed by atoms with van der Waals surface area (Å²) in [6.45, 7) is 4.53. The van der Waals surface area contributed by atoms with Gasteiger partial charge in [0.05, 0.1) is 0 Å². The fourth-order valence-electron chi connectivity index (χ4n) is 3.52. The van der Waals surface area contributed by atoms with Crippen molar-refractivity contribution in [3.05, 3.63) is 11.8 Å². The summed E-state index contributed by atoms with van der Waals surface area (Å²) in [5, 5.41) is 5.86. The van der Waals surface area contributed by atoms with Gasteiger partial charge in [0.15, 0.2) is 0 Å². The van der Waals surface area contributed by atoms with Gasteiger partial charge in [-0.25, -0.2) is 4.79 Å². The Morgan fingerprint density at radius 3 is 3.00 bits per heavy atom. The topological polar surface area (TPSA) is 70.7 Å². The van der Waals surface area contributed by atoms with E-state index in [0.29, 0.717) is 32.7 Å². The number of allylic oxidation sites excluding steroid dienone is 1. The van der Waals surface area contributed by atoms with E-state index in [1.165, 1.54) is 0 Å². The van der Waals surface area contributed by atoms with Crippen LogP contribution in [0.25, 0.3) is 0 Å². The van der Waals surface area contributed by atoms with Crippen LogP contribution in [0.4, 0.5) is 4.79 Å². The molecule has 0 aromatic rings. The highest BCUT2D eigenvalue weighted by molar-refractivity contribution is 5.80. The van der Waals surface area contributed by atoms with E-state index in [0.717, 1.165) is 37.8 Å². The first-order valence-corrected chi connectivity index (χ1v) is 8.66. The van der Waals surface area contributed by atoms with Crippen LogP contribution < -0.4 is 10.6 Å². The van der Waals surface area contributed by atoms with Gasteiger partial charge in [0.25, 0.3) is 0 Å². The maximum absolute atomic E-state index is 12.0. The Morgan fingerprint density at radius 2 is 2.22 bits per heavy atom. The summed E-state index contributed by atoms with van der Waals surface area (Å²) in [5.74, 6) is 0.175. The van der Waals surface area contributed by atoms with Crippen LogP contribution in [0.3, 0.4) is 0 Å². The van der Waals surface area contributed by atoms with Gasteiger partial charge in [0.2, 0.25) is 5.91 Å². The van der Waals surface area contributed by atoms with Crippen molar-refractivity contribution >= 4 is 11.9 Å². The zero-order valence-electron chi connectivity index (χ0n) is 14.3. The molecular formula is C17H29N3O3. The van der Waals surface area contributed by atoms with E-state index in [9.17, 15) is 9.59 Å². The number of hydrogen-bond donors (Lipinski definition) is 2. The fourth-order valence-corrected chi connectivity index (χ4v) is 3.52. The minimum Gasteiger partial charge on any atom is -0.382 e. The summed E-state index contributed by atoms with van der Waals surface area (Å²) in [7, 11) is 1.85. The van der Waals surface area contributed by atoms with Crippen molar-refractivity contribution in [2.45, 2.75) is 45.4 Å². The quantitative estimate of drug-likeness (QED) is 0.704. The number of hydrogen-bond acceptors (Lipinski definition) is 3. The minimum atomic E-state index is -0.139. The standard InChI is InChI=1S/C17H29N3O3/c1-3-23-12-6-11-18-16(22)19-13-17-9-5-4-7-14(17)20(2)15(21)8-10-17/h7H,3-6,8-13H2,1-2H3,(H2,18,19,22). The van der Waals surface area contributed by atoms with Crippen LogP contribution in [0.15, 0.2) is 11.8 Å². The first kappa shape index (κ1) is 17.8. The lowest BCUT2D eigenvalue weighted by atomic mass is 9.70. The third kappa shape index (κ3) is 4.47. The van der Waals surface area contributed by atoms with Crippen molar-refractivity contribution in [2.24, 2.45) is 5.41 Å². The summed E-state index contributed by atoms with van der Waals surface area (Å²) >= 11 is 0. The highest BCUT2D eigenvalue weighted by atomic mass is 16.5. The predicted octanol–water partition coefficient (Wildman–Crippen LogP) is 2.02. The molecule has 1 atom stereocenters. The molecule has 0 spiro atoms. The van der Waals surface area contributed by atoms with Gasteiger partial charge < -0.3 is 20.3 Å². The van der Waals surface area contributed by atoms with Gasteiger partial charge in [0, 0.05) is 50.9 Å². The number of likely N-dealkylation sites (tertiary alicyclic amines) is 1. The molecule has 130 valence electrons. The van der Waals surface area contributed by atoms with Gasteiger partial charge >= 0.3 is 6.03 Å². The molecule has 0 aromatic heterocycles. The molecule has 1 aliphatic heterocycles. The Labute approximate surface area is 138 Å². The van der Waals surface area contributed by atoms with Crippen LogP contribution >= 0.6 is 0 Å². The van der Waals surface area contributed by atoms with Crippen molar-refractivity contribution in [2.75, 3.05) is 33.4 Å². The van der Waals surface area contributed by atoms with Crippen LogP contribution in [-0.2, 0) is 9.53 Å². The maximum Gasteiger partial charge on any atom is 0.314 e. The van der Waals surface area contributed by atoms with Crippen LogP contribution in [0.1, 0.15) is 45.4 Å². The Hall–Kier alpha value is -1.56. The molecule has 2 N–H and O–H groups in total. The molecule has 6 nitrogen and oxygen atoms in total. The smallest absolute Gasteiger partial charge is 0.314 e. The molecule has 0 radical (unpaired) electrons. The molecular weight excluding hydrogens is 294 g/mol. The second kappa shape index (κ2) is 8.34. The average Bonchev–Trinajstić information content (AvgIpc) is 2.57. The molecule has 0 bridgehead atoms. The number of carbonyl (C=O) groups excluding carboxylic acids is 2. The first-order valence-electron chi connectivity index (χ1n) is 8.66. The molecule has 2 rings (SSSR count).